The topological polar surface area (TPSA) is 67.4 Å². The van der Waals surface area contributed by atoms with Gasteiger partial charge in [-0.1, -0.05) is 5.16 Å². The highest BCUT2D eigenvalue weighted by atomic mass is 16.5. The zero-order chi connectivity index (χ0) is 14.5. The van der Waals surface area contributed by atoms with Crippen LogP contribution in [0.2, 0.25) is 0 Å². The van der Waals surface area contributed by atoms with Crippen LogP contribution in [0.1, 0.15) is 22.7 Å². The Morgan fingerprint density at radius 2 is 2.10 bits per heavy atom. The molecule has 108 valence electrons. The number of aryl methyl sites for hydroxylation is 3. The largest absolute Gasteiger partial charge is 0.361 e. The van der Waals surface area contributed by atoms with Crippen LogP contribution in [0.3, 0.4) is 0 Å². The Kier molecular flexibility index (Phi) is 4.45. The molecule has 0 unspecified atom stereocenters. The van der Waals surface area contributed by atoms with Crippen LogP contribution in [0, 0.1) is 13.8 Å². The number of guanidine groups is 1. The number of aromatic nitrogens is 2. The van der Waals surface area contributed by atoms with Crippen LogP contribution in [0.25, 0.3) is 0 Å². The summed E-state index contributed by atoms with van der Waals surface area (Å²) in [5, 5.41) is 10.5. The zero-order valence-corrected chi connectivity index (χ0v) is 12.4. The van der Waals surface area contributed by atoms with E-state index in [-0.39, 0.29) is 0 Å². The molecular formula is C14H21N5O. The lowest BCUT2D eigenvalue weighted by Gasteiger charge is -2.12. The van der Waals surface area contributed by atoms with Crippen LogP contribution in [0.4, 0.5) is 0 Å². The molecule has 0 spiro atoms. The summed E-state index contributed by atoms with van der Waals surface area (Å²) in [4.78, 5) is 4.21. The number of hydrogen-bond acceptors (Lipinski definition) is 3. The second-order valence-electron chi connectivity index (χ2n) is 4.69. The summed E-state index contributed by atoms with van der Waals surface area (Å²) in [5.74, 6) is 1.60. The van der Waals surface area contributed by atoms with Crippen molar-refractivity contribution in [2.24, 2.45) is 12.0 Å². The highest BCUT2D eigenvalue weighted by Gasteiger charge is 2.09. The molecule has 2 aromatic rings. The van der Waals surface area contributed by atoms with Crippen LogP contribution < -0.4 is 10.6 Å². The second-order valence-corrected chi connectivity index (χ2v) is 4.69. The maximum Gasteiger partial charge on any atom is 0.191 e. The van der Waals surface area contributed by atoms with Crippen LogP contribution in [-0.2, 0) is 20.1 Å². The van der Waals surface area contributed by atoms with Crippen molar-refractivity contribution in [1.82, 2.24) is 20.4 Å². The zero-order valence-electron chi connectivity index (χ0n) is 12.4. The smallest absolute Gasteiger partial charge is 0.191 e. The minimum Gasteiger partial charge on any atom is -0.361 e. The molecule has 2 rings (SSSR count). The summed E-state index contributed by atoms with van der Waals surface area (Å²) in [5.41, 5.74) is 3.19. The molecule has 0 atom stereocenters. The van der Waals surface area contributed by atoms with Gasteiger partial charge in [-0.2, -0.15) is 0 Å². The van der Waals surface area contributed by atoms with E-state index in [4.69, 9.17) is 4.52 Å². The van der Waals surface area contributed by atoms with Crippen molar-refractivity contribution in [3.8, 4) is 0 Å². The van der Waals surface area contributed by atoms with Crippen LogP contribution in [0.5, 0.6) is 0 Å². The van der Waals surface area contributed by atoms with Gasteiger partial charge in [0.15, 0.2) is 5.96 Å². The Hall–Kier alpha value is -2.24. The Bertz CT molecular complexity index is 577. The Morgan fingerprint density at radius 1 is 1.35 bits per heavy atom. The van der Waals surface area contributed by atoms with Crippen molar-refractivity contribution in [2.45, 2.75) is 26.9 Å². The van der Waals surface area contributed by atoms with Gasteiger partial charge in [-0.15, -0.1) is 0 Å². The van der Waals surface area contributed by atoms with Crippen LogP contribution >= 0.6 is 0 Å². The summed E-state index contributed by atoms with van der Waals surface area (Å²) < 4.78 is 7.22. The standard InChI is InChI=1S/C14H21N5O/c1-10-13(11(2)20-18-10)9-17-14(15-3)16-8-12-6-5-7-19(12)4/h5-7H,8-9H2,1-4H3,(H2,15,16,17). The first-order valence-electron chi connectivity index (χ1n) is 6.58. The highest BCUT2D eigenvalue weighted by molar-refractivity contribution is 5.79. The number of rotatable bonds is 4. The van der Waals surface area contributed by atoms with E-state index in [0.29, 0.717) is 6.54 Å². The number of aliphatic imine (C=N–C) groups is 1. The van der Waals surface area contributed by atoms with Gasteiger partial charge >= 0.3 is 0 Å². The van der Waals surface area contributed by atoms with Gasteiger partial charge in [0, 0.05) is 38.1 Å². The molecule has 0 aliphatic rings. The fraction of sp³-hybridized carbons (Fsp3) is 0.429. The maximum atomic E-state index is 5.14. The van der Waals surface area contributed by atoms with Gasteiger partial charge in [0.05, 0.1) is 12.2 Å². The van der Waals surface area contributed by atoms with E-state index in [1.54, 1.807) is 7.05 Å². The van der Waals surface area contributed by atoms with Crippen LogP contribution in [0.15, 0.2) is 27.8 Å². The maximum absolute atomic E-state index is 5.14. The van der Waals surface area contributed by atoms with E-state index in [1.165, 1.54) is 5.69 Å². The number of nitrogens with zero attached hydrogens (tertiary/aromatic N) is 3. The fourth-order valence-corrected chi connectivity index (χ4v) is 2.00. The van der Waals surface area contributed by atoms with Gasteiger partial charge in [-0.05, 0) is 26.0 Å². The van der Waals surface area contributed by atoms with Crippen LogP contribution in [-0.4, -0.2) is 22.7 Å². The first kappa shape index (κ1) is 14.2. The summed E-state index contributed by atoms with van der Waals surface area (Å²) in [6, 6.07) is 4.10. The predicted octanol–water partition coefficient (Wildman–Crippen LogP) is 1.50. The summed E-state index contributed by atoms with van der Waals surface area (Å²) in [6.45, 7) is 5.23. The molecule has 20 heavy (non-hydrogen) atoms. The van der Waals surface area contributed by atoms with E-state index in [1.807, 2.05) is 33.2 Å². The molecule has 0 saturated carbocycles. The summed E-state index contributed by atoms with van der Waals surface area (Å²) in [7, 11) is 3.78. The van der Waals surface area contributed by atoms with E-state index < -0.39 is 0 Å². The molecule has 6 nitrogen and oxygen atoms in total. The summed E-state index contributed by atoms with van der Waals surface area (Å²) >= 11 is 0. The molecule has 0 fully saturated rings. The third-order valence-electron chi connectivity index (χ3n) is 3.33. The Balaban J connectivity index is 1.89. The van der Waals surface area contributed by atoms with Crippen molar-refractivity contribution in [2.75, 3.05) is 7.05 Å². The Labute approximate surface area is 118 Å². The third kappa shape index (κ3) is 3.20. The minimum absolute atomic E-state index is 0.647. The van der Waals surface area contributed by atoms with Crippen molar-refractivity contribution < 1.29 is 4.52 Å². The lowest BCUT2D eigenvalue weighted by atomic mass is 10.2. The quantitative estimate of drug-likeness (QED) is 0.655. The van der Waals surface area contributed by atoms with Gasteiger partial charge in [-0.25, -0.2) is 0 Å². The minimum atomic E-state index is 0.647. The van der Waals surface area contributed by atoms with Gasteiger partial charge in [0.2, 0.25) is 0 Å². The molecule has 0 bridgehead atoms. The summed E-state index contributed by atoms with van der Waals surface area (Å²) in [6.07, 6.45) is 2.02. The monoisotopic (exact) mass is 275 g/mol. The molecule has 0 saturated heterocycles. The molecule has 0 aromatic carbocycles. The van der Waals surface area contributed by atoms with Gasteiger partial charge in [-0.3, -0.25) is 4.99 Å². The molecule has 0 amide bonds. The first-order valence-corrected chi connectivity index (χ1v) is 6.58. The Morgan fingerprint density at radius 3 is 2.65 bits per heavy atom. The number of nitrogens with one attached hydrogen (secondary N) is 2. The van der Waals surface area contributed by atoms with Gasteiger partial charge in [0.25, 0.3) is 0 Å². The molecule has 2 N–H and O–H groups in total. The van der Waals surface area contributed by atoms with Gasteiger partial charge < -0.3 is 19.7 Å². The molecule has 0 aliphatic carbocycles. The third-order valence-corrected chi connectivity index (χ3v) is 3.33. The molecule has 6 heteroatoms. The number of hydrogen-bond donors (Lipinski definition) is 2. The SMILES string of the molecule is CN=C(NCc1c(C)noc1C)NCc1cccn1C. The average molecular weight is 275 g/mol. The fourth-order valence-electron chi connectivity index (χ4n) is 2.00. The highest BCUT2D eigenvalue weighted by Crippen LogP contribution is 2.11. The van der Waals surface area contributed by atoms with E-state index in [0.717, 1.165) is 29.5 Å². The second kappa shape index (κ2) is 6.27. The van der Waals surface area contributed by atoms with Gasteiger partial charge in [0.1, 0.15) is 5.76 Å². The molecule has 2 aromatic heterocycles. The van der Waals surface area contributed by atoms with E-state index in [9.17, 15) is 0 Å². The molecule has 0 aliphatic heterocycles. The van der Waals surface area contributed by atoms with Crippen molar-refractivity contribution >= 4 is 5.96 Å². The lowest BCUT2D eigenvalue weighted by Crippen LogP contribution is -2.36. The van der Waals surface area contributed by atoms with Crippen molar-refractivity contribution in [3.63, 3.8) is 0 Å². The first-order chi connectivity index (χ1) is 9.61. The van der Waals surface area contributed by atoms with Crippen molar-refractivity contribution in [3.05, 3.63) is 41.0 Å². The predicted molar refractivity (Wildman–Crippen MR) is 78.4 cm³/mol. The molecular weight excluding hydrogens is 254 g/mol. The van der Waals surface area contributed by atoms with E-state index >= 15 is 0 Å². The average Bonchev–Trinajstić information content (AvgIpc) is 2.98. The van der Waals surface area contributed by atoms with E-state index in [2.05, 4.69) is 31.4 Å². The normalized spacial score (nSPS) is 11.7. The lowest BCUT2D eigenvalue weighted by molar-refractivity contribution is 0.392. The molecule has 2 heterocycles. The molecule has 0 radical (unpaired) electrons. The van der Waals surface area contributed by atoms with Crippen molar-refractivity contribution in [1.29, 1.82) is 0 Å².